The molecular formula is C12H13F3N2. The van der Waals surface area contributed by atoms with E-state index in [1.54, 1.807) is 25.1 Å². The molecule has 0 saturated heterocycles. The molecule has 1 rings (SSSR count). The molecule has 2 nitrogen and oxygen atoms in total. The third-order valence-electron chi connectivity index (χ3n) is 2.31. The zero-order valence-electron chi connectivity index (χ0n) is 9.43. The molecule has 0 aliphatic carbocycles. The molecule has 0 aliphatic rings. The molecule has 0 amide bonds. The Kier molecular flexibility index (Phi) is 4.38. The van der Waals surface area contributed by atoms with Gasteiger partial charge >= 0.3 is 6.18 Å². The summed E-state index contributed by atoms with van der Waals surface area (Å²) < 4.78 is 35.6. The standard InChI is InChI=1S/C12H13F3N2/c1-9-7-11(4-3-10(9)8-16)17-6-2-5-12(13,14)15/h3-4,7,17H,2,5-6H2,1H3. The highest BCUT2D eigenvalue weighted by Gasteiger charge is 2.25. The van der Waals surface area contributed by atoms with Crippen molar-refractivity contribution in [1.82, 2.24) is 0 Å². The van der Waals surface area contributed by atoms with E-state index in [-0.39, 0.29) is 13.0 Å². The molecule has 1 aromatic carbocycles. The zero-order valence-corrected chi connectivity index (χ0v) is 9.43. The number of benzene rings is 1. The summed E-state index contributed by atoms with van der Waals surface area (Å²) in [7, 11) is 0. The molecule has 0 spiro atoms. The molecule has 0 atom stereocenters. The number of aryl methyl sites for hydroxylation is 1. The van der Waals surface area contributed by atoms with Crippen LogP contribution in [-0.2, 0) is 0 Å². The quantitative estimate of drug-likeness (QED) is 0.818. The van der Waals surface area contributed by atoms with Crippen LogP contribution < -0.4 is 5.32 Å². The molecule has 0 unspecified atom stereocenters. The topological polar surface area (TPSA) is 35.8 Å². The van der Waals surface area contributed by atoms with Crippen molar-refractivity contribution in [2.45, 2.75) is 25.9 Å². The number of hydrogen-bond acceptors (Lipinski definition) is 2. The molecule has 17 heavy (non-hydrogen) atoms. The summed E-state index contributed by atoms with van der Waals surface area (Å²) >= 11 is 0. The van der Waals surface area contributed by atoms with Crippen LogP contribution in [0.5, 0.6) is 0 Å². The Hall–Kier alpha value is -1.70. The van der Waals surface area contributed by atoms with Gasteiger partial charge in [0.25, 0.3) is 0 Å². The molecule has 0 fully saturated rings. The molecule has 92 valence electrons. The number of halogens is 3. The SMILES string of the molecule is Cc1cc(NCCCC(F)(F)F)ccc1C#N. The number of rotatable bonds is 4. The van der Waals surface area contributed by atoms with Gasteiger partial charge in [-0.3, -0.25) is 0 Å². The van der Waals surface area contributed by atoms with Gasteiger partial charge in [0.2, 0.25) is 0 Å². The lowest BCUT2D eigenvalue weighted by molar-refractivity contribution is -0.134. The number of nitrogens with zero attached hydrogens (tertiary/aromatic N) is 1. The van der Waals surface area contributed by atoms with E-state index in [4.69, 9.17) is 5.26 Å². The van der Waals surface area contributed by atoms with Gasteiger partial charge in [0.15, 0.2) is 0 Å². The van der Waals surface area contributed by atoms with Gasteiger partial charge in [-0.1, -0.05) is 0 Å². The van der Waals surface area contributed by atoms with E-state index in [9.17, 15) is 13.2 Å². The summed E-state index contributed by atoms with van der Waals surface area (Å²) in [6.07, 6.45) is -4.83. The molecule has 0 heterocycles. The van der Waals surface area contributed by atoms with E-state index < -0.39 is 12.6 Å². The first-order chi connectivity index (χ1) is 7.92. The summed E-state index contributed by atoms with van der Waals surface area (Å²) in [5.41, 5.74) is 2.13. The van der Waals surface area contributed by atoms with Crippen LogP contribution in [-0.4, -0.2) is 12.7 Å². The monoisotopic (exact) mass is 242 g/mol. The lowest BCUT2D eigenvalue weighted by atomic mass is 10.1. The second kappa shape index (κ2) is 5.58. The van der Waals surface area contributed by atoms with Crippen LogP contribution in [0.15, 0.2) is 18.2 Å². The molecule has 0 aliphatic heterocycles. The summed E-state index contributed by atoms with van der Waals surface area (Å²) in [5.74, 6) is 0. The van der Waals surface area contributed by atoms with Crippen LogP contribution in [0, 0.1) is 18.3 Å². The molecule has 5 heteroatoms. The Morgan fingerprint density at radius 3 is 2.59 bits per heavy atom. The molecule has 0 saturated carbocycles. The average Bonchev–Trinajstić information content (AvgIpc) is 2.23. The first-order valence-corrected chi connectivity index (χ1v) is 5.24. The van der Waals surface area contributed by atoms with Crippen LogP contribution >= 0.6 is 0 Å². The van der Waals surface area contributed by atoms with E-state index >= 15 is 0 Å². The van der Waals surface area contributed by atoms with Crippen molar-refractivity contribution in [2.24, 2.45) is 0 Å². The highest BCUT2D eigenvalue weighted by molar-refractivity contribution is 5.51. The van der Waals surface area contributed by atoms with Gasteiger partial charge in [0.1, 0.15) is 0 Å². The highest BCUT2D eigenvalue weighted by atomic mass is 19.4. The Balaban J connectivity index is 2.43. The summed E-state index contributed by atoms with van der Waals surface area (Å²) in [5, 5.41) is 11.6. The fourth-order valence-corrected chi connectivity index (χ4v) is 1.42. The van der Waals surface area contributed by atoms with E-state index in [0.29, 0.717) is 5.56 Å². The second-order valence-corrected chi connectivity index (χ2v) is 3.79. The number of nitrogens with one attached hydrogen (secondary N) is 1. The third-order valence-corrected chi connectivity index (χ3v) is 2.31. The summed E-state index contributed by atoms with van der Waals surface area (Å²) in [6, 6.07) is 7.14. The normalized spacial score (nSPS) is 11.0. The van der Waals surface area contributed by atoms with Crippen molar-refractivity contribution < 1.29 is 13.2 Å². The smallest absolute Gasteiger partial charge is 0.385 e. The Labute approximate surface area is 98.1 Å². The molecule has 1 aromatic rings. The van der Waals surface area contributed by atoms with E-state index in [2.05, 4.69) is 5.32 Å². The van der Waals surface area contributed by atoms with Crippen molar-refractivity contribution in [3.05, 3.63) is 29.3 Å². The van der Waals surface area contributed by atoms with Crippen molar-refractivity contribution in [2.75, 3.05) is 11.9 Å². The van der Waals surface area contributed by atoms with Gasteiger partial charge in [-0.2, -0.15) is 18.4 Å². The van der Waals surface area contributed by atoms with Crippen LogP contribution in [0.3, 0.4) is 0 Å². The first-order valence-electron chi connectivity index (χ1n) is 5.24. The molecule has 1 N–H and O–H groups in total. The molecule has 0 bridgehead atoms. The van der Waals surface area contributed by atoms with Crippen LogP contribution in [0.2, 0.25) is 0 Å². The van der Waals surface area contributed by atoms with Crippen molar-refractivity contribution in [3.8, 4) is 6.07 Å². The fourth-order valence-electron chi connectivity index (χ4n) is 1.42. The average molecular weight is 242 g/mol. The summed E-state index contributed by atoms with van der Waals surface area (Å²) in [6.45, 7) is 2.06. The Morgan fingerprint density at radius 1 is 1.35 bits per heavy atom. The van der Waals surface area contributed by atoms with Crippen LogP contribution in [0.25, 0.3) is 0 Å². The van der Waals surface area contributed by atoms with Crippen molar-refractivity contribution in [3.63, 3.8) is 0 Å². The number of hydrogen-bond donors (Lipinski definition) is 1. The number of alkyl halides is 3. The fraction of sp³-hybridized carbons (Fsp3) is 0.417. The van der Waals surface area contributed by atoms with Gasteiger partial charge in [-0.05, 0) is 37.1 Å². The van der Waals surface area contributed by atoms with Crippen molar-refractivity contribution >= 4 is 5.69 Å². The van der Waals surface area contributed by atoms with E-state index in [1.165, 1.54) is 0 Å². The first kappa shape index (κ1) is 13.4. The molecular weight excluding hydrogens is 229 g/mol. The van der Waals surface area contributed by atoms with Gasteiger partial charge in [0, 0.05) is 18.7 Å². The largest absolute Gasteiger partial charge is 0.389 e. The maximum Gasteiger partial charge on any atom is 0.389 e. The van der Waals surface area contributed by atoms with Crippen LogP contribution in [0.1, 0.15) is 24.0 Å². The number of anilines is 1. The predicted octanol–water partition coefficient (Wildman–Crippen LogP) is 3.62. The Bertz CT molecular complexity index is 419. The van der Waals surface area contributed by atoms with Gasteiger partial charge in [-0.15, -0.1) is 0 Å². The van der Waals surface area contributed by atoms with Gasteiger partial charge in [-0.25, -0.2) is 0 Å². The lowest BCUT2D eigenvalue weighted by Gasteiger charge is -2.09. The van der Waals surface area contributed by atoms with Crippen LogP contribution in [0.4, 0.5) is 18.9 Å². The predicted molar refractivity (Wildman–Crippen MR) is 59.7 cm³/mol. The zero-order chi connectivity index (χ0) is 12.9. The summed E-state index contributed by atoms with van der Waals surface area (Å²) in [4.78, 5) is 0. The Morgan fingerprint density at radius 2 is 2.06 bits per heavy atom. The van der Waals surface area contributed by atoms with Gasteiger partial charge in [0.05, 0.1) is 11.6 Å². The lowest BCUT2D eigenvalue weighted by Crippen LogP contribution is -2.11. The molecule has 0 aromatic heterocycles. The minimum Gasteiger partial charge on any atom is -0.385 e. The maximum atomic E-state index is 11.9. The van der Waals surface area contributed by atoms with E-state index in [1.807, 2.05) is 6.07 Å². The molecule has 0 radical (unpaired) electrons. The second-order valence-electron chi connectivity index (χ2n) is 3.79. The number of nitriles is 1. The minimum absolute atomic E-state index is 0.0442. The van der Waals surface area contributed by atoms with Gasteiger partial charge < -0.3 is 5.32 Å². The van der Waals surface area contributed by atoms with Crippen molar-refractivity contribution in [1.29, 1.82) is 5.26 Å². The van der Waals surface area contributed by atoms with E-state index in [0.717, 1.165) is 11.3 Å². The third kappa shape index (κ3) is 4.77. The highest BCUT2D eigenvalue weighted by Crippen LogP contribution is 2.21. The maximum absolute atomic E-state index is 11.9. The minimum atomic E-state index is -4.09.